The summed E-state index contributed by atoms with van der Waals surface area (Å²) in [5.41, 5.74) is 4.94. The molecule has 4 heterocycles. The molecule has 2 N–H and O–H groups in total. The van der Waals surface area contributed by atoms with Gasteiger partial charge in [-0.05, 0) is 37.3 Å². The average Bonchev–Trinajstić information content (AvgIpc) is 3.27. The molecule has 0 saturated carbocycles. The van der Waals surface area contributed by atoms with Gasteiger partial charge >= 0.3 is 0 Å². The molecular weight excluding hydrogens is 300 g/mol. The van der Waals surface area contributed by atoms with Gasteiger partial charge in [0.1, 0.15) is 0 Å². The molecule has 0 aliphatic rings. The molecule has 6 nitrogen and oxygen atoms in total. The zero-order valence-corrected chi connectivity index (χ0v) is 13.2. The Morgan fingerprint density at radius 1 is 0.917 bits per heavy atom. The van der Waals surface area contributed by atoms with Gasteiger partial charge in [0.25, 0.3) is 0 Å². The number of aryl methyl sites for hydroxylation is 1. The minimum atomic E-state index is 0.591. The highest BCUT2D eigenvalue weighted by atomic mass is 15.0. The Morgan fingerprint density at radius 2 is 1.83 bits per heavy atom. The van der Waals surface area contributed by atoms with Crippen molar-refractivity contribution in [3.05, 3.63) is 72.1 Å². The molecular formula is C18H16N6. The summed E-state index contributed by atoms with van der Waals surface area (Å²) in [5.74, 6) is 1.26. The van der Waals surface area contributed by atoms with Crippen molar-refractivity contribution in [2.24, 2.45) is 0 Å². The largest absolute Gasteiger partial charge is 0.357 e. The molecule has 0 spiro atoms. The van der Waals surface area contributed by atoms with Crippen molar-refractivity contribution in [1.82, 2.24) is 29.9 Å². The summed E-state index contributed by atoms with van der Waals surface area (Å²) in [6.07, 6.45) is 5.84. The van der Waals surface area contributed by atoms with Crippen LogP contribution in [0, 0.1) is 6.92 Å². The summed E-state index contributed by atoms with van der Waals surface area (Å²) in [6.45, 7) is 2.03. The van der Waals surface area contributed by atoms with Gasteiger partial charge in [0.2, 0.25) is 0 Å². The van der Waals surface area contributed by atoms with Crippen molar-refractivity contribution in [2.45, 2.75) is 13.3 Å². The summed E-state index contributed by atoms with van der Waals surface area (Å²) in [5, 5.41) is 0. The predicted octanol–water partition coefficient (Wildman–Crippen LogP) is 3.16. The fourth-order valence-electron chi connectivity index (χ4n) is 2.56. The second-order valence-electron chi connectivity index (χ2n) is 5.56. The molecule has 0 aliphatic carbocycles. The van der Waals surface area contributed by atoms with Crippen molar-refractivity contribution in [3.63, 3.8) is 0 Å². The van der Waals surface area contributed by atoms with E-state index in [-0.39, 0.29) is 0 Å². The molecule has 0 bridgehead atoms. The van der Waals surface area contributed by atoms with E-state index in [0.29, 0.717) is 18.1 Å². The van der Waals surface area contributed by atoms with Crippen LogP contribution in [0.1, 0.15) is 17.1 Å². The molecule has 0 amide bonds. The van der Waals surface area contributed by atoms with Crippen LogP contribution in [-0.4, -0.2) is 29.9 Å². The van der Waals surface area contributed by atoms with Gasteiger partial charge in [-0.3, -0.25) is 4.98 Å². The van der Waals surface area contributed by atoms with Crippen LogP contribution in [0.3, 0.4) is 0 Å². The predicted molar refractivity (Wildman–Crippen MR) is 91.2 cm³/mol. The molecule has 6 heteroatoms. The lowest BCUT2D eigenvalue weighted by Crippen LogP contribution is -1.99. The van der Waals surface area contributed by atoms with Crippen molar-refractivity contribution in [3.8, 4) is 23.0 Å². The van der Waals surface area contributed by atoms with E-state index in [4.69, 9.17) is 4.98 Å². The van der Waals surface area contributed by atoms with Gasteiger partial charge in [-0.15, -0.1) is 0 Å². The summed E-state index contributed by atoms with van der Waals surface area (Å²) < 4.78 is 0. The SMILES string of the molecule is Cc1ccc(-c2cccc(Cc3ccnc(-c4ncc[nH]4)n3)n2)[nH]1. The minimum absolute atomic E-state index is 0.591. The first-order valence-corrected chi connectivity index (χ1v) is 7.71. The summed E-state index contributed by atoms with van der Waals surface area (Å²) in [7, 11) is 0. The number of aromatic nitrogens is 6. The Balaban J connectivity index is 1.61. The van der Waals surface area contributed by atoms with E-state index in [2.05, 4.69) is 24.9 Å². The first kappa shape index (κ1) is 14.3. The molecule has 0 saturated heterocycles. The van der Waals surface area contributed by atoms with E-state index in [9.17, 15) is 0 Å². The van der Waals surface area contributed by atoms with Crippen molar-refractivity contribution >= 4 is 0 Å². The molecule has 0 aliphatic heterocycles. The van der Waals surface area contributed by atoms with E-state index in [1.807, 2.05) is 43.3 Å². The number of nitrogens with zero attached hydrogens (tertiary/aromatic N) is 4. The zero-order valence-electron chi connectivity index (χ0n) is 13.2. The van der Waals surface area contributed by atoms with E-state index >= 15 is 0 Å². The molecule has 0 radical (unpaired) electrons. The van der Waals surface area contributed by atoms with Gasteiger partial charge in [0.05, 0.1) is 17.1 Å². The number of pyridine rings is 1. The topological polar surface area (TPSA) is 83.1 Å². The Kier molecular flexibility index (Phi) is 3.63. The van der Waals surface area contributed by atoms with Crippen molar-refractivity contribution in [2.75, 3.05) is 0 Å². The lowest BCUT2D eigenvalue weighted by molar-refractivity contribution is 0.982. The third-order valence-electron chi connectivity index (χ3n) is 3.70. The highest BCUT2D eigenvalue weighted by Crippen LogP contribution is 2.17. The van der Waals surface area contributed by atoms with Crippen LogP contribution in [-0.2, 0) is 6.42 Å². The van der Waals surface area contributed by atoms with Crippen LogP contribution in [0.2, 0.25) is 0 Å². The smallest absolute Gasteiger partial charge is 0.195 e. The number of imidazole rings is 1. The van der Waals surface area contributed by atoms with Crippen LogP contribution in [0.25, 0.3) is 23.0 Å². The third-order valence-corrected chi connectivity index (χ3v) is 3.70. The van der Waals surface area contributed by atoms with E-state index in [1.54, 1.807) is 18.6 Å². The monoisotopic (exact) mass is 316 g/mol. The normalized spacial score (nSPS) is 10.9. The molecule has 0 fully saturated rings. The van der Waals surface area contributed by atoms with Gasteiger partial charge in [0, 0.05) is 36.4 Å². The number of hydrogen-bond donors (Lipinski definition) is 2. The van der Waals surface area contributed by atoms with Gasteiger partial charge in [-0.25, -0.2) is 15.0 Å². The van der Waals surface area contributed by atoms with Crippen LogP contribution >= 0.6 is 0 Å². The first-order chi connectivity index (χ1) is 11.8. The lowest BCUT2D eigenvalue weighted by atomic mass is 10.2. The number of hydrogen-bond acceptors (Lipinski definition) is 4. The molecule has 0 unspecified atom stereocenters. The third kappa shape index (κ3) is 2.94. The summed E-state index contributed by atoms with van der Waals surface area (Å²) in [4.78, 5) is 24.1. The summed E-state index contributed by atoms with van der Waals surface area (Å²) >= 11 is 0. The molecule has 4 aromatic heterocycles. The second-order valence-corrected chi connectivity index (χ2v) is 5.56. The van der Waals surface area contributed by atoms with E-state index in [0.717, 1.165) is 28.5 Å². The van der Waals surface area contributed by atoms with Crippen LogP contribution < -0.4 is 0 Å². The second kappa shape index (κ2) is 6.08. The van der Waals surface area contributed by atoms with Gasteiger partial charge < -0.3 is 9.97 Å². The molecule has 118 valence electrons. The van der Waals surface area contributed by atoms with Gasteiger partial charge in [0.15, 0.2) is 11.6 Å². The molecule has 0 atom stereocenters. The maximum atomic E-state index is 4.73. The molecule has 4 rings (SSSR count). The molecule has 0 aromatic carbocycles. The Bertz CT molecular complexity index is 955. The van der Waals surface area contributed by atoms with Crippen LogP contribution in [0.4, 0.5) is 0 Å². The van der Waals surface area contributed by atoms with E-state index in [1.165, 1.54) is 0 Å². The number of aromatic amines is 2. The number of rotatable bonds is 4. The van der Waals surface area contributed by atoms with Crippen molar-refractivity contribution in [1.29, 1.82) is 0 Å². The highest BCUT2D eigenvalue weighted by Gasteiger charge is 2.07. The molecule has 4 aromatic rings. The van der Waals surface area contributed by atoms with E-state index < -0.39 is 0 Å². The Morgan fingerprint density at radius 3 is 2.62 bits per heavy atom. The Labute approximate surface area is 139 Å². The molecule has 24 heavy (non-hydrogen) atoms. The minimum Gasteiger partial charge on any atom is -0.357 e. The standard InChI is InChI=1S/C18H16N6/c1-12-5-6-16(22-12)15-4-2-3-13(23-15)11-14-7-8-19-18(24-14)17-20-9-10-21-17/h2-10,22H,11H2,1H3,(H,20,21). The average molecular weight is 316 g/mol. The van der Waals surface area contributed by atoms with Crippen LogP contribution in [0.5, 0.6) is 0 Å². The van der Waals surface area contributed by atoms with Gasteiger partial charge in [-0.2, -0.15) is 0 Å². The Hall–Kier alpha value is -3.28. The zero-order chi connectivity index (χ0) is 16.4. The van der Waals surface area contributed by atoms with Crippen molar-refractivity contribution < 1.29 is 0 Å². The van der Waals surface area contributed by atoms with Crippen LogP contribution in [0.15, 0.2) is 55.0 Å². The fraction of sp³-hybridized carbons (Fsp3) is 0.111. The van der Waals surface area contributed by atoms with Gasteiger partial charge in [-0.1, -0.05) is 6.07 Å². The maximum Gasteiger partial charge on any atom is 0.195 e. The maximum absolute atomic E-state index is 4.73. The highest BCUT2D eigenvalue weighted by molar-refractivity contribution is 5.55. The number of nitrogens with one attached hydrogen (secondary N) is 2. The fourth-order valence-corrected chi connectivity index (χ4v) is 2.56. The number of H-pyrrole nitrogens is 2. The summed E-state index contributed by atoms with van der Waals surface area (Å²) in [6, 6.07) is 12.0. The first-order valence-electron chi connectivity index (χ1n) is 7.71. The lowest BCUT2D eigenvalue weighted by Gasteiger charge is -2.04. The quantitative estimate of drug-likeness (QED) is 0.606.